The molecule has 6 amide bonds. The number of carbonyl (C=O) groups is 8. The maximum Gasteiger partial charge on any atom is 0.325 e. The monoisotopic (exact) mass is 931 g/mol. The fraction of sp³-hybridized carbons (Fsp3) is 0.477. The van der Waals surface area contributed by atoms with Crippen LogP contribution in [0, 0.1) is 46.4 Å². The normalized spacial score (nSPS) is 16.3. The molecule has 4 rings (SSSR count). The number of nitrogens with zero attached hydrogens (tertiary/aromatic N) is 3. The van der Waals surface area contributed by atoms with Crippen LogP contribution in [-0.4, -0.2) is 116 Å². The number of ether oxygens (including phenoxy) is 1. The molecule has 5 atom stereocenters. The average molecular weight is 932 g/mol. The molecule has 0 spiro atoms. The van der Waals surface area contributed by atoms with Crippen LogP contribution in [0.15, 0.2) is 42.5 Å². The number of fused-ring (bicyclic) bond motifs is 1. The lowest BCUT2D eigenvalue weighted by molar-refractivity contribution is -0.154. The van der Waals surface area contributed by atoms with E-state index >= 15 is 0 Å². The molecule has 1 saturated heterocycles. The van der Waals surface area contributed by atoms with Crippen molar-refractivity contribution in [2.75, 3.05) is 19.7 Å². The predicted molar refractivity (Wildman–Crippen MR) is 226 cm³/mol. The van der Waals surface area contributed by atoms with Crippen LogP contribution >= 0.6 is 0 Å². The number of pyridine rings is 1. The molecular formula is C44H53F4N7O11. The van der Waals surface area contributed by atoms with Crippen LogP contribution in [0.25, 0.3) is 10.9 Å². The molecule has 0 saturated carbocycles. The summed E-state index contributed by atoms with van der Waals surface area (Å²) in [6.07, 6.45) is -0.451. The van der Waals surface area contributed by atoms with Gasteiger partial charge in [0.05, 0.1) is 11.9 Å². The van der Waals surface area contributed by atoms with E-state index in [0.29, 0.717) is 11.9 Å². The van der Waals surface area contributed by atoms with Crippen molar-refractivity contribution < 1.29 is 70.9 Å². The molecule has 1 fully saturated rings. The number of hydrazine groups is 1. The van der Waals surface area contributed by atoms with Gasteiger partial charge in [-0.2, -0.15) is 8.78 Å². The van der Waals surface area contributed by atoms with Crippen LogP contribution in [0.2, 0.25) is 0 Å². The molecule has 1 aliphatic heterocycles. The van der Waals surface area contributed by atoms with Crippen molar-refractivity contribution in [3.63, 3.8) is 0 Å². The van der Waals surface area contributed by atoms with E-state index in [1.807, 2.05) is 20.8 Å². The Bertz CT molecular complexity index is 2330. The Morgan fingerprint density at radius 3 is 2.03 bits per heavy atom. The van der Waals surface area contributed by atoms with Crippen LogP contribution < -0.4 is 26.1 Å². The summed E-state index contributed by atoms with van der Waals surface area (Å²) in [7, 11) is 0. The van der Waals surface area contributed by atoms with E-state index in [1.165, 1.54) is 6.07 Å². The third-order valence-corrected chi connectivity index (χ3v) is 10.5. The van der Waals surface area contributed by atoms with Gasteiger partial charge in [-0.25, -0.2) is 18.8 Å². The number of aliphatic carboxylic acids is 2. The highest BCUT2D eigenvalue weighted by atomic mass is 19.2. The van der Waals surface area contributed by atoms with Crippen molar-refractivity contribution in [1.82, 2.24) is 36.3 Å². The Labute approximate surface area is 376 Å². The van der Waals surface area contributed by atoms with E-state index in [-0.39, 0.29) is 29.7 Å². The van der Waals surface area contributed by atoms with Crippen LogP contribution in [0.1, 0.15) is 78.2 Å². The largest absolute Gasteiger partial charge is 0.481 e. The topological polar surface area (TPSA) is 254 Å². The van der Waals surface area contributed by atoms with Crippen LogP contribution in [-0.2, 0) is 33.6 Å². The molecule has 0 radical (unpaired) electrons. The zero-order chi connectivity index (χ0) is 49.4. The highest BCUT2D eigenvalue weighted by Gasteiger charge is 2.46. The molecule has 2 unspecified atom stereocenters. The van der Waals surface area contributed by atoms with E-state index in [9.17, 15) is 66.1 Å². The van der Waals surface area contributed by atoms with E-state index in [4.69, 9.17) is 0 Å². The minimum absolute atomic E-state index is 0.00818. The Kier molecular flexibility index (Phi) is 17.2. The molecule has 3 aromatic rings. The van der Waals surface area contributed by atoms with Gasteiger partial charge in [0.1, 0.15) is 36.4 Å². The summed E-state index contributed by atoms with van der Waals surface area (Å²) in [5.41, 5.74) is 2.17. The summed E-state index contributed by atoms with van der Waals surface area (Å²) in [6.45, 7) is 9.09. The molecule has 0 bridgehead atoms. The maximum atomic E-state index is 14.5. The lowest BCUT2D eigenvalue weighted by Crippen LogP contribution is -2.61. The maximum absolute atomic E-state index is 14.5. The number of likely N-dealkylation sites (tertiary alicyclic amines) is 1. The number of aromatic nitrogens is 1. The number of halogens is 4. The lowest BCUT2D eigenvalue weighted by atomic mass is 9.81. The van der Waals surface area contributed by atoms with Crippen molar-refractivity contribution >= 4 is 58.3 Å². The summed E-state index contributed by atoms with van der Waals surface area (Å²) in [5, 5.41) is 27.8. The smallest absolute Gasteiger partial charge is 0.325 e. The number of carboxylic acid groups (broad SMARTS) is 2. The number of carboxylic acids is 2. The molecular weight excluding hydrogens is 879 g/mol. The van der Waals surface area contributed by atoms with Crippen molar-refractivity contribution in [3.8, 4) is 5.75 Å². The standard InChI is InChI=1S/C44H53F4N7O11/c1-21(2)35(51-39(61)28-13-12-23-10-8-9-11-27(23)49-28)41(63)50-29(17-31(57)58)40(62)52-36(22(3)4)43(65)54-15-14-24(18-44(5,6)7)37(54)42(64)53-55(19-32(59)60)30(56)20-66-38-33(47)25(45)16-26(46)34(38)48/h8-13,16,21-22,24,29,35-37H,14-15,17-20H2,1-7H3,(H,50,63)(H,51,61)(H,52,62)(H,53,64)(H,57,58)(H,59,60)/t24-,29?,35+,36+,37?/m1/s1. The Morgan fingerprint density at radius 1 is 0.833 bits per heavy atom. The third kappa shape index (κ3) is 13.3. The number of hydrogen-bond donors (Lipinski definition) is 6. The summed E-state index contributed by atoms with van der Waals surface area (Å²) in [4.78, 5) is 112. The zero-order valence-electron chi connectivity index (χ0n) is 37.2. The molecule has 1 aromatic heterocycles. The third-order valence-electron chi connectivity index (χ3n) is 10.5. The second kappa shape index (κ2) is 21.9. The minimum Gasteiger partial charge on any atom is -0.481 e. The molecule has 2 heterocycles. The lowest BCUT2D eigenvalue weighted by Gasteiger charge is -2.35. The highest BCUT2D eigenvalue weighted by molar-refractivity contribution is 6.00. The zero-order valence-corrected chi connectivity index (χ0v) is 37.2. The van der Waals surface area contributed by atoms with Gasteiger partial charge in [-0.1, -0.05) is 72.7 Å². The fourth-order valence-corrected chi connectivity index (χ4v) is 7.41. The molecule has 66 heavy (non-hydrogen) atoms. The minimum atomic E-state index is -1.98. The molecule has 22 heteroatoms. The van der Waals surface area contributed by atoms with Crippen molar-refractivity contribution in [2.45, 2.75) is 91.9 Å². The van der Waals surface area contributed by atoms with Gasteiger partial charge >= 0.3 is 11.9 Å². The van der Waals surface area contributed by atoms with Gasteiger partial charge in [0.25, 0.3) is 17.7 Å². The fourth-order valence-electron chi connectivity index (χ4n) is 7.41. The van der Waals surface area contributed by atoms with Gasteiger partial charge in [-0.15, -0.1) is 0 Å². The van der Waals surface area contributed by atoms with Crippen molar-refractivity contribution in [2.24, 2.45) is 23.2 Å². The number of rotatable bonds is 18. The summed E-state index contributed by atoms with van der Waals surface area (Å²) >= 11 is 0. The molecule has 2 aromatic carbocycles. The van der Waals surface area contributed by atoms with E-state index in [2.05, 4.69) is 31.1 Å². The Balaban J connectivity index is 1.56. The van der Waals surface area contributed by atoms with Gasteiger partial charge < -0.3 is 35.8 Å². The highest BCUT2D eigenvalue weighted by Crippen LogP contribution is 2.36. The van der Waals surface area contributed by atoms with Gasteiger partial charge in [0.15, 0.2) is 24.0 Å². The quantitative estimate of drug-likeness (QED) is 0.0611. The van der Waals surface area contributed by atoms with E-state index < -0.39 is 143 Å². The van der Waals surface area contributed by atoms with Crippen molar-refractivity contribution in [1.29, 1.82) is 0 Å². The number of hydrogen-bond acceptors (Lipinski definition) is 10. The number of carbonyl (C=O) groups excluding carboxylic acids is 6. The average Bonchev–Trinajstić information content (AvgIpc) is 3.64. The number of para-hydroxylation sites is 1. The van der Waals surface area contributed by atoms with E-state index in [1.54, 1.807) is 58.0 Å². The number of benzene rings is 2. The summed E-state index contributed by atoms with van der Waals surface area (Å²) in [6, 6.07) is 4.10. The van der Waals surface area contributed by atoms with Crippen LogP contribution in [0.4, 0.5) is 17.6 Å². The molecule has 18 nitrogen and oxygen atoms in total. The first kappa shape index (κ1) is 51.8. The molecule has 358 valence electrons. The molecule has 6 N–H and O–H groups in total. The Morgan fingerprint density at radius 2 is 1.45 bits per heavy atom. The van der Waals surface area contributed by atoms with Gasteiger partial charge in [0.2, 0.25) is 29.4 Å². The van der Waals surface area contributed by atoms with Gasteiger partial charge in [0, 0.05) is 18.0 Å². The SMILES string of the molecule is CC(C)[C@H](NC(=O)c1ccc2ccccc2n1)C(=O)NC(CC(=O)O)C(=O)N[C@H](C(=O)N1CC[C@H](CC(C)(C)C)C1C(=O)NN(CC(=O)O)C(=O)COc1c(F)c(F)cc(F)c1F)C(C)C. The number of amides is 6. The predicted octanol–water partition coefficient (Wildman–Crippen LogP) is 3.32. The van der Waals surface area contributed by atoms with Crippen LogP contribution in [0.5, 0.6) is 5.75 Å². The van der Waals surface area contributed by atoms with Crippen molar-refractivity contribution in [3.05, 3.63) is 71.4 Å². The molecule has 1 aliphatic rings. The van der Waals surface area contributed by atoms with Crippen LogP contribution in [0.3, 0.4) is 0 Å². The van der Waals surface area contributed by atoms with Gasteiger partial charge in [-0.05, 0) is 48.1 Å². The Hall–Kier alpha value is -6.87. The summed E-state index contributed by atoms with van der Waals surface area (Å²) in [5.74, 6) is -20.5. The first-order valence-corrected chi connectivity index (χ1v) is 20.9. The second-order valence-corrected chi connectivity index (χ2v) is 17.7. The first-order valence-electron chi connectivity index (χ1n) is 20.9. The summed E-state index contributed by atoms with van der Waals surface area (Å²) < 4.78 is 60.7. The molecule has 0 aliphatic carbocycles. The van der Waals surface area contributed by atoms with Gasteiger partial charge in [-0.3, -0.25) is 43.8 Å². The first-order chi connectivity index (χ1) is 30.8. The number of nitrogens with one attached hydrogen (secondary N) is 4. The second-order valence-electron chi connectivity index (χ2n) is 17.7. The van der Waals surface area contributed by atoms with E-state index in [0.717, 1.165) is 10.3 Å².